The van der Waals surface area contributed by atoms with Crippen LogP contribution in [0.1, 0.15) is 63.8 Å². The average molecular weight is 799 g/mol. The van der Waals surface area contributed by atoms with E-state index in [1.807, 2.05) is 126 Å². The molecular formula is C50H54O9. The molecule has 0 unspecified atom stereocenters. The summed E-state index contributed by atoms with van der Waals surface area (Å²) in [6.45, 7) is 15.1. The number of hydrogen-bond donors (Lipinski definition) is 0. The van der Waals surface area contributed by atoms with Gasteiger partial charge in [0.25, 0.3) is 0 Å². The van der Waals surface area contributed by atoms with Crippen molar-refractivity contribution in [3.8, 4) is 63.2 Å². The van der Waals surface area contributed by atoms with E-state index in [9.17, 15) is 0 Å². The summed E-state index contributed by atoms with van der Waals surface area (Å²) in [6.07, 6.45) is 0. The maximum Gasteiger partial charge on any atom is 0.134 e. The molecule has 0 aromatic heterocycles. The highest BCUT2D eigenvalue weighted by atomic mass is 16.5. The van der Waals surface area contributed by atoms with E-state index in [1.165, 1.54) is 0 Å². The van der Waals surface area contributed by atoms with Gasteiger partial charge >= 0.3 is 0 Å². The molecule has 9 heteroatoms. The van der Waals surface area contributed by atoms with Crippen LogP contribution in [-0.2, 0) is 12.0 Å². The van der Waals surface area contributed by atoms with Gasteiger partial charge in [0.1, 0.15) is 69.9 Å². The SMILES string of the molecule is CCOc1cc(COc2ccc(C(C)(c3ccc(Oc4cc(OCC)cc(OCC)c4)cc3)c3ccc(Oc4cc(OCC)cc(OCC)c4)cc3)cc2)cc(OC)c1. The van der Waals surface area contributed by atoms with E-state index in [0.717, 1.165) is 39.5 Å². The molecule has 6 rings (SSSR count). The summed E-state index contributed by atoms with van der Waals surface area (Å²) in [5.41, 5.74) is 3.57. The molecule has 0 atom stereocenters. The molecule has 308 valence electrons. The maximum absolute atomic E-state index is 6.34. The van der Waals surface area contributed by atoms with Crippen LogP contribution in [0.2, 0.25) is 0 Å². The van der Waals surface area contributed by atoms with E-state index in [2.05, 4.69) is 43.3 Å². The van der Waals surface area contributed by atoms with Gasteiger partial charge in [-0.1, -0.05) is 36.4 Å². The van der Waals surface area contributed by atoms with Gasteiger partial charge in [0.15, 0.2) is 0 Å². The zero-order valence-corrected chi connectivity index (χ0v) is 35.0. The molecular weight excluding hydrogens is 745 g/mol. The van der Waals surface area contributed by atoms with E-state index < -0.39 is 5.41 Å². The van der Waals surface area contributed by atoms with Crippen molar-refractivity contribution in [3.05, 3.63) is 150 Å². The van der Waals surface area contributed by atoms with Crippen LogP contribution >= 0.6 is 0 Å². The highest BCUT2D eigenvalue weighted by Crippen LogP contribution is 2.42. The predicted molar refractivity (Wildman–Crippen MR) is 231 cm³/mol. The highest BCUT2D eigenvalue weighted by molar-refractivity contribution is 5.53. The van der Waals surface area contributed by atoms with Gasteiger partial charge in [0, 0.05) is 47.9 Å². The molecule has 0 aliphatic carbocycles. The Morgan fingerprint density at radius 3 is 1.00 bits per heavy atom. The summed E-state index contributed by atoms with van der Waals surface area (Å²) in [5.74, 6) is 7.59. The standard InChI is InChI=1S/C50H54O9/c1-8-52-43-26-35(25-42(27-43)51-7)34-57-39-19-13-36(14-20-39)50(6,37-15-21-40(22-16-37)58-48-30-44(53-9-2)28-45(31-48)54-10-3)38-17-23-41(24-18-38)59-49-32-46(55-11-4)29-47(33-49)56-12-5/h13-33H,8-12,34H2,1-7H3. The highest BCUT2D eigenvalue weighted by Gasteiger charge is 2.31. The fourth-order valence-corrected chi connectivity index (χ4v) is 6.83. The Labute approximate surface area is 348 Å². The number of rotatable bonds is 21. The van der Waals surface area contributed by atoms with Crippen LogP contribution in [0.4, 0.5) is 0 Å². The Balaban J connectivity index is 1.30. The van der Waals surface area contributed by atoms with E-state index in [-0.39, 0.29) is 0 Å². The first-order chi connectivity index (χ1) is 28.8. The molecule has 0 aliphatic rings. The zero-order valence-electron chi connectivity index (χ0n) is 35.0. The van der Waals surface area contributed by atoms with Gasteiger partial charge in [-0.2, -0.15) is 0 Å². The van der Waals surface area contributed by atoms with Crippen molar-refractivity contribution >= 4 is 0 Å². The lowest BCUT2D eigenvalue weighted by Crippen LogP contribution is -2.25. The van der Waals surface area contributed by atoms with Gasteiger partial charge < -0.3 is 42.6 Å². The van der Waals surface area contributed by atoms with Crippen LogP contribution in [-0.4, -0.2) is 40.1 Å². The molecule has 0 heterocycles. The predicted octanol–water partition coefficient (Wildman–Crippen LogP) is 12.2. The van der Waals surface area contributed by atoms with Crippen molar-refractivity contribution in [3.63, 3.8) is 0 Å². The Morgan fingerprint density at radius 1 is 0.339 bits per heavy atom. The fraction of sp³-hybridized carbons (Fsp3) is 0.280. The molecule has 6 aromatic carbocycles. The van der Waals surface area contributed by atoms with Crippen LogP contribution in [0.25, 0.3) is 0 Å². The van der Waals surface area contributed by atoms with E-state index in [1.54, 1.807) is 7.11 Å². The van der Waals surface area contributed by atoms with Crippen molar-refractivity contribution < 1.29 is 42.6 Å². The van der Waals surface area contributed by atoms with Crippen molar-refractivity contribution in [2.75, 3.05) is 40.1 Å². The largest absolute Gasteiger partial charge is 0.497 e. The summed E-state index contributed by atoms with van der Waals surface area (Å²) < 4.78 is 53.3. The van der Waals surface area contributed by atoms with Gasteiger partial charge in [-0.05, 0) is 112 Å². The van der Waals surface area contributed by atoms with Crippen LogP contribution in [0.5, 0.6) is 63.2 Å². The third kappa shape index (κ3) is 10.9. The number of methoxy groups -OCH3 is 1. The summed E-state index contributed by atoms with van der Waals surface area (Å²) >= 11 is 0. The molecule has 0 fully saturated rings. The summed E-state index contributed by atoms with van der Waals surface area (Å²) in [7, 11) is 1.65. The molecule has 0 saturated carbocycles. The van der Waals surface area contributed by atoms with Gasteiger partial charge in [-0.25, -0.2) is 0 Å². The van der Waals surface area contributed by atoms with Crippen molar-refractivity contribution in [1.29, 1.82) is 0 Å². The van der Waals surface area contributed by atoms with Crippen LogP contribution in [0.3, 0.4) is 0 Å². The number of ether oxygens (including phenoxy) is 9. The second-order valence-corrected chi connectivity index (χ2v) is 13.7. The zero-order chi connectivity index (χ0) is 41.6. The number of benzene rings is 6. The van der Waals surface area contributed by atoms with Gasteiger partial charge in [0.2, 0.25) is 0 Å². The maximum atomic E-state index is 6.34. The van der Waals surface area contributed by atoms with Crippen LogP contribution in [0, 0.1) is 0 Å². The van der Waals surface area contributed by atoms with Crippen LogP contribution < -0.4 is 42.6 Å². The molecule has 0 radical (unpaired) electrons. The monoisotopic (exact) mass is 798 g/mol. The Morgan fingerprint density at radius 2 is 0.644 bits per heavy atom. The fourth-order valence-electron chi connectivity index (χ4n) is 6.83. The molecule has 0 amide bonds. The lowest BCUT2D eigenvalue weighted by atomic mass is 9.71. The van der Waals surface area contributed by atoms with E-state index in [4.69, 9.17) is 42.6 Å². The molecule has 6 aromatic rings. The van der Waals surface area contributed by atoms with Crippen molar-refractivity contribution in [1.82, 2.24) is 0 Å². The molecule has 0 N–H and O–H groups in total. The van der Waals surface area contributed by atoms with Gasteiger partial charge in [-0.15, -0.1) is 0 Å². The first-order valence-electron chi connectivity index (χ1n) is 20.2. The van der Waals surface area contributed by atoms with Gasteiger partial charge in [0.05, 0.1) is 40.1 Å². The second kappa shape index (κ2) is 20.3. The minimum Gasteiger partial charge on any atom is -0.497 e. The summed E-state index contributed by atoms with van der Waals surface area (Å²) in [5, 5.41) is 0. The first-order valence-corrected chi connectivity index (χ1v) is 20.2. The third-order valence-corrected chi connectivity index (χ3v) is 9.61. The topological polar surface area (TPSA) is 83.1 Å². The Hall–Kier alpha value is -6.48. The summed E-state index contributed by atoms with van der Waals surface area (Å²) in [4.78, 5) is 0. The minimum absolute atomic E-state index is 0.357. The first kappa shape index (κ1) is 42.1. The number of hydrogen-bond acceptors (Lipinski definition) is 9. The van der Waals surface area contributed by atoms with E-state index >= 15 is 0 Å². The molecule has 0 saturated heterocycles. The third-order valence-electron chi connectivity index (χ3n) is 9.61. The molecule has 0 bridgehead atoms. The Bertz CT molecular complexity index is 2080. The molecule has 0 aliphatic heterocycles. The lowest BCUT2D eigenvalue weighted by Gasteiger charge is -2.32. The molecule has 59 heavy (non-hydrogen) atoms. The minimum atomic E-state index is -0.581. The molecule has 9 nitrogen and oxygen atoms in total. The quantitative estimate of drug-likeness (QED) is 0.0661. The van der Waals surface area contributed by atoms with Gasteiger partial charge in [-0.3, -0.25) is 0 Å². The normalized spacial score (nSPS) is 11.0. The van der Waals surface area contributed by atoms with Crippen molar-refractivity contribution in [2.24, 2.45) is 0 Å². The van der Waals surface area contributed by atoms with E-state index in [0.29, 0.717) is 85.6 Å². The smallest absolute Gasteiger partial charge is 0.134 e. The Kier molecular flexibility index (Phi) is 14.5. The average Bonchev–Trinajstić information content (AvgIpc) is 3.24. The summed E-state index contributed by atoms with van der Waals surface area (Å²) in [6, 6.07) is 41.6. The lowest BCUT2D eigenvalue weighted by molar-refractivity contribution is 0.301. The second-order valence-electron chi connectivity index (χ2n) is 13.7. The van der Waals surface area contributed by atoms with Crippen molar-refractivity contribution in [2.45, 2.75) is 53.6 Å². The van der Waals surface area contributed by atoms with Crippen LogP contribution in [0.15, 0.2) is 127 Å². The molecule has 0 spiro atoms.